The number of hydrogen-bond acceptors (Lipinski definition) is 8. The van der Waals surface area contributed by atoms with Crippen molar-refractivity contribution in [2.75, 3.05) is 0 Å². The lowest BCUT2D eigenvalue weighted by atomic mass is 10.1. The summed E-state index contributed by atoms with van der Waals surface area (Å²) in [5.41, 5.74) is 0. The summed E-state index contributed by atoms with van der Waals surface area (Å²) in [5, 5.41) is 0. The zero-order chi connectivity index (χ0) is 35.2. The van der Waals surface area contributed by atoms with Gasteiger partial charge in [-0.2, -0.15) is 0 Å². The SMILES string of the molecule is C.C/C=C/CC[C@@H]1CC=CC(=O)O1.C/C=C/CC[C@H]1CC=CC(=O)O1.C/C=C\CC[C@@H]1CC=CC(=O)O1.C/C=C\CC[C@H]1CC=CC(=O)O1. The third kappa shape index (κ3) is 24.6. The minimum Gasteiger partial charge on any atom is -0.459 e. The third-order valence-electron chi connectivity index (χ3n) is 7.31. The molecule has 4 aliphatic rings. The Balaban J connectivity index is 0.000000623. The summed E-state index contributed by atoms with van der Waals surface area (Å²) in [7, 11) is 0. The fourth-order valence-corrected chi connectivity index (χ4v) is 4.77. The smallest absolute Gasteiger partial charge is 0.330 e. The highest BCUT2D eigenvalue weighted by Crippen LogP contribution is 2.15. The lowest BCUT2D eigenvalue weighted by molar-refractivity contribution is -0.145. The molecule has 4 aliphatic heterocycles. The summed E-state index contributed by atoms with van der Waals surface area (Å²) >= 11 is 0. The molecule has 0 saturated carbocycles. The second kappa shape index (κ2) is 29.9. The van der Waals surface area contributed by atoms with Gasteiger partial charge in [0.2, 0.25) is 0 Å². The monoisotopic (exact) mass is 680 g/mol. The van der Waals surface area contributed by atoms with Crippen LogP contribution in [-0.2, 0) is 38.1 Å². The molecule has 4 rings (SSSR count). The molecule has 0 spiro atoms. The zero-order valence-electron chi connectivity index (χ0n) is 29.3. The maximum atomic E-state index is 10.8. The Morgan fingerprint density at radius 3 is 0.816 bits per heavy atom. The first-order valence-corrected chi connectivity index (χ1v) is 17.2. The predicted octanol–water partition coefficient (Wildman–Crippen LogP) is 9.49. The molecule has 8 heteroatoms. The van der Waals surface area contributed by atoms with Crippen LogP contribution in [0.1, 0.15) is 112 Å². The minimum absolute atomic E-state index is 0. The molecular formula is C41H60O8. The Kier molecular flexibility index (Phi) is 27.3. The molecule has 0 radical (unpaired) electrons. The summed E-state index contributed by atoms with van der Waals surface area (Å²) in [6.07, 6.45) is 41.4. The Morgan fingerprint density at radius 1 is 0.449 bits per heavy atom. The standard InChI is InChI=1S/4C10H14O2.CH4/c4*1-2-3-4-6-9-7-5-8-10(11)12-9;/h4*2-3,5,8-9H,4,6-7H2,1H3;1H4/b2*3-2+;2*3-2-;/t4*9-;/m1010./s1. The van der Waals surface area contributed by atoms with E-state index in [4.69, 9.17) is 18.9 Å². The van der Waals surface area contributed by atoms with Crippen molar-refractivity contribution >= 4 is 23.9 Å². The highest BCUT2D eigenvalue weighted by Gasteiger charge is 2.16. The van der Waals surface area contributed by atoms with Crippen LogP contribution >= 0.6 is 0 Å². The van der Waals surface area contributed by atoms with Crippen molar-refractivity contribution in [3.63, 3.8) is 0 Å². The van der Waals surface area contributed by atoms with Crippen LogP contribution in [0, 0.1) is 0 Å². The maximum absolute atomic E-state index is 10.8. The third-order valence-corrected chi connectivity index (χ3v) is 7.31. The number of rotatable bonds is 12. The molecule has 0 unspecified atom stereocenters. The number of carbonyl (C=O) groups is 4. The molecule has 49 heavy (non-hydrogen) atoms. The summed E-state index contributed by atoms with van der Waals surface area (Å²) in [6.45, 7) is 7.97. The van der Waals surface area contributed by atoms with Crippen molar-refractivity contribution in [3.05, 3.63) is 97.2 Å². The van der Waals surface area contributed by atoms with E-state index < -0.39 is 0 Å². The van der Waals surface area contributed by atoms with Crippen LogP contribution in [-0.4, -0.2) is 48.3 Å². The second-order valence-corrected chi connectivity index (χ2v) is 11.4. The molecule has 0 bridgehead atoms. The number of allylic oxidation sites excluding steroid dienone is 8. The van der Waals surface area contributed by atoms with E-state index in [2.05, 4.69) is 24.3 Å². The van der Waals surface area contributed by atoms with E-state index in [1.54, 1.807) is 0 Å². The fraction of sp³-hybridized carbons (Fsp3) is 0.512. The van der Waals surface area contributed by atoms with Gasteiger partial charge < -0.3 is 18.9 Å². The average molecular weight is 681 g/mol. The summed E-state index contributed by atoms with van der Waals surface area (Å²) < 4.78 is 20.3. The number of hydrogen-bond donors (Lipinski definition) is 0. The van der Waals surface area contributed by atoms with Crippen molar-refractivity contribution in [1.82, 2.24) is 0 Å². The lowest BCUT2D eigenvalue weighted by Gasteiger charge is -2.17. The summed E-state index contributed by atoms with van der Waals surface area (Å²) in [4.78, 5) is 43.1. The van der Waals surface area contributed by atoms with Crippen molar-refractivity contribution < 1.29 is 38.1 Å². The van der Waals surface area contributed by atoms with Gasteiger partial charge >= 0.3 is 23.9 Å². The fourth-order valence-electron chi connectivity index (χ4n) is 4.77. The number of carbonyl (C=O) groups excluding carboxylic acids is 4. The van der Waals surface area contributed by atoms with E-state index in [1.807, 2.05) is 76.3 Å². The first-order valence-electron chi connectivity index (χ1n) is 17.2. The van der Waals surface area contributed by atoms with E-state index in [1.165, 1.54) is 24.3 Å². The normalized spacial score (nSPS) is 22.6. The van der Waals surface area contributed by atoms with Crippen LogP contribution in [0.2, 0.25) is 0 Å². The predicted molar refractivity (Wildman–Crippen MR) is 197 cm³/mol. The molecule has 8 nitrogen and oxygen atoms in total. The Morgan fingerprint density at radius 2 is 0.653 bits per heavy atom. The van der Waals surface area contributed by atoms with Crippen molar-refractivity contribution in [2.45, 2.75) is 137 Å². The molecule has 0 aromatic rings. The summed E-state index contributed by atoms with van der Waals surface area (Å²) in [5.74, 6) is -0.808. The molecule has 4 heterocycles. The topological polar surface area (TPSA) is 105 Å². The van der Waals surface area contributed by atoms with Gasteiger partial charge in [0.15, 0.2) is 0 Å². The minimum atomic E-state index is -0.202. The Hall–Kier alpha value is -4.20. The molecule has 0 aliphatic carbocycles. The second-order valence-electron chi connectivity index (χ2n) is 11.4. The first kappa shape index (κ1) is 44.8. The molecule has 0 aromatic heterocycles. The number of cyclic esters (lactones) is 4. The maximum Gasteiger partial charge on any atom is 0.330 e. The highest BCUT2D eigenvalue weighted by molar-refractivity contribution is 5.83. The van der Waals surface area contributed by atoms with Crippen LogP contribution in [0.4, 0.5) is 0 Å². The molecular weight excluding hydrogens is 620 g/mol. The number of esters is 4. The summed E-state index contributed by atoms with van der Waals surface area (Å²) in [6, 6.07) is 0. The largest absolute Gasteiger partial charge is 0.459 e. The lowest BCUT2D eigenvalue weighted by Crippen LogP contribution is -2.19. The van der Waals surface area contributed by atoms with Crippen molar-refractivity contribution in [3.8, 4) is 0 Å². The van der Waals surface area contributed by atoms with Gasteiger partial charge in [-0.15, -0.1) is 0 Å². The van der Waals surface area contributed by atoms with Gasteiger partial charge in [-0.25, -0.2) is 19.2 Å². The van der Waals surface area contributed by atoms with Gasteiger partial charge in [-0.1, -0.05) is 80.3 Å². The molecule has 272 valence electrons. The number of ether oxygens (including phenoxy) is 4. The van der Waals surface area contributed by atoms with E-state index in [0.717, 1.165) is 77.0 Å². The van der Waals surface area contributed by atoms with Crippen molar-refractivity contribution in [2.24, 2.45) is 0 Å². The van der Waals surface area contributed by atoms with Gasteiger partial charge in [0.05, 0.1) is 0 Å². The van der Waals surface area contributed by atoms with E-state index in [9.17, 15) is 19.2 Å². The molecule has 0 fully saturated rings. The van der Waals surface area contributed by atoms with Gasteiger partial charge in [-0.05, 0) is 79.1 Å². The van der Waals surface area contributed by atoms with Crippen LogP contribution in [0.15, 0.2) is 97.2 Å². The van der Waals surface area contributed by atoms with E-state index >= 15 is 0 Å². The van der Waals surface area contributed by atoms with Gasteiger partial charge in [-0.3, -0.25) is 0 Å². The highest BCUT2D eigenvalue weighted by atomic mass is 16.6. The first-order chi connectivity index (χ1) is 23.3. The quantitative estimate of drug-likeness (QED) is 0.114. The van der Waals surface area contributed by atoms with Crippen LogP contribution in [0.5, 0.6) is 0 Å². The van der Waals surface area contributed by atoms with Crippen LogP contribution < -0.4 is 0 Å². The van der Waals surface area contributed by atoms with Crippen molar-refractivity contribution in [1.29, 1.82) is 0 Å². The zero-order valence-corrected chi connectivity index (χ0v) is 29.3. The molecule has 0 aromatic carbocycles. The van der Waals surface area contributed by atoms with E-state index in [-0.39, 0.29) is 55.7 Å². The van der Waals surface area contributed by atoms with Gasteiger partial charge in [0.25, 0.3) is 0 Å². The average Bonchev–Trinajstić information content (AvgIpc) is 3.07. The van der Waals surface area contributed by atoms with Crippen LogP contribution in [0.25, 0.3) is 0 Å². The molecule has 4 atom stereocenters. The van der Waals surface area contributed by atoms with Crippen LogP contribution in [0.3, 0.4) is 0 Å². The van der Waals surface area contributed by atoms with E-state index in [0.29, 0.717) is 0 Å². The molecule has 0 amide bonds. The molecule has 0 saturated heterocycles. The molecule has 0 N–H and O–H groups in total. The van der Waals surface area contributed by atoms with Gasteiger partial charge in [0, 0.05) is 50.0 Å². The van der Waals surface area contributed by atoms with Gasteiger partial charge in [0.1, 0.15) is 24.4 Å². The Labute approximate surface area is 295 Å². The Bertz CT molecular complexity index is 1000.